The summed E-state index contributed by atoms with van der Waals surface area (Å²) >= 11 is 0. The molecule has 0 aliphatic rings. The lowest BCUT2D eigenvalue weighted by Gasteiger charge is -2.13. The lowest BCUT2D eigenvalue weighted by molar-refractivity contribution is 0.0518. The number of hydrogen-bond acceptors (Lipinski definition) is 7. The predicted molar refractivity (Wildman–Crippen MR) is 121 cm³/mol. The summed E-state index contributed by atoms with van der Waals surface area (Å²) in [5.74, 6) is -1.68. The van der Waals surface area contributed by atoms with Gasteiger partial charge in [0.1, 0.15) is 11.1 Å². The monoisotopic (exact) mass is 445 g/mol. The largest absolute Gasteiger partial charge is 0.461 e. The number of nitrogens with one attached hydrogen (secondary N) is 1. The van der Waals surface area contributed by atoms with Crippen LogP contribution in [-0.4, -0.2) is 28.3 Å². The molecule has 1 N–H and O–H groups in total. The smallest absolute Gasteiger partial charge is 0.360 e. The maximum atomic E-state index is 12.9. The number of para-hydroxylation sites is 2. The van der Waals surface area contributed by atoms with Crippen molar-refractivity contribution < 1.29 is 18.7 Å². The van der Waals surface area contributed by atoms with Crippen molar-refractivity contribution in [3.63, 3.8) is 0 Å². The van der Waals surface area contributed by atoms with Gasteiger partial charge in [-0.3, -0.25) is 9.59 Å². The zero-order valence-electron chi connectivity index (χ0n) is 17.8. The van der Waals surface area contributed by atoms with Crippen molar-refractivity contribution in [2.24, 2.45) is 0 Å². The van der Waals surface area contributed by atoms with Crippen LogP contribution in [0.2, 0.25) is 0 Å². The van der Waals surface area contributed by atoms with E-state index in [9.17, 15) is 19.2 Å². The molecular weight excluding hydrogens is 426 g/mol. The number of aryl methyl sites for hydroxylation is 1. The molecule has 0 bridgehead atoms. The Morgan fingerprint density at radius 2 is 1.79 bits per heavy atom. The van der Waals surface area contributed by atoms with Crippen LogP contribution in [0, 0.1) is 6.92 Å². The van der Waals surface area contributed by atoms with Crippen molar-refractivity contribution in [1.29, 1.82) is 0 Å². The van der Waals surface area contributed by atoms with Crippen LogP contribution in [0.3, 0.4) is 0 Å². The molecule has 0 unspecified atom stereocenters. The number of esters is 1. The van der Waals surface area contributed by atoms with Gasteiger partial charge in [-0.05, 0) is 37.6 Å². The molecule has 2 heterocycles. The van der Waals surface area contributed by atoms with Crippen LogP contribution >= 0.6 is 0 Å². The first kappa shape index (κ1) is 21.7. The fraction of sp³-hybridized carbons (Fsp3) is 0.125. The summed E-state index contributed by atoms with van der Waals surface area (Å²) in [6.07, 6.45) is 0. The molecule has 0 saturated heterocycles. The molecule has 2 aromatic carbocycles. The van der Waals surface area contributed by atoms with Gasteiger partial charge in [-0.2, -0.15) is 9.78 Å². The Labute approximate surface area is 187 Å². The SMILES string of the molecule is CCOC(=O)c1nn(-c2ccccc2C)c(=O)cc1NC(=O)c1cc2ccccc2oc1=O. The van der Waals surface area contributed by atoms with Gasteiger partial charge in [0.2, 0.25) is 0 Å². The van der Waals surface area contributed by atoms with Crippen molar-refractivity contribution in [3.05, 3.63) is 98.3 Å². The van der Waals surface area contributed by atoms with Crippen LogP contribution in [0.4, 0.5) is 5.69 Å². The number of carbonyl (C=O) groups excluding carboxylic acids is 2. The molecule has 0 aliphatic carbocycles. The van der Waals surface area contributed by atoms with Gasteiger partial charge >= 0.3 is 11.6 Å². The molecular formula is C24H19N3O6. The average molecular weight is 445 g/mol. The molecule has 4 rings (SSSR count). The molecule has 0 fully saturated rings. The van der Waals surface area contributed by atoms with Gasteiger partial charge in [0, 0.05) is 11.5 Å². The summed E-state index contributed by atoms with van der Waals surface area (Å²) in [6, 6.07) is 16.2. The number of ether oxygens (including phenoxy) is 1. The van der Waals surface area contributed by atoms with Gasteiger partial charge in [0.15, 0.2) is 5.69 Å². The van der Waals surface area contributed by atoms with Crippen molar-refractivity contribution in [1.82, 2.24) is 9.78 Å². The molecule has 0 saturated carbocycles. The van der Waals surface area contributed by atoms with E-state index in [0.717, 1.165) is 16.3 Å². The lowest BCUT2D eigenvalue weighted by Crippen LogP contribution is -2.28. The van der Waals surface area contributed by atoms with E-state index in [2.05, 4.69) is 10.4 Å². The zero-order valence-corrected chi connectivity index (χ0v) is 17.8. The Bertz CT molecular complexity index is 1500. The highest BCUT2D eigenvalue weighted by molar-refractivity contribution is 6.08. The van der Waals surface area contributed by atoms with Crippen LogP contribution in [0.15, 0.2) is 74.7 Å². The second-order valence-corrected chi connectivity index (χ2v) is 7.10. The summed E-state index contributed by atoms with van der Waals surface area (Å²) in [7, 11) is 0. The maximum absolute atomic E-state index is 12.9. The Morgan fingerprint density at radius 3 is 2.55 bits per heavy atom. The number of carbonyl (C=O) groups is 2. The quantitative estimate of drug-likeness (QED) is 0.370. The molecule has 1 amide bonds. The van der Waals surface area contributed by atoms with Gasteiger partial charge in [-0.1, -0.05) is 36.4 Å². The third kappa shape index (κ3) is 4.29. The Balaban J connectivity index is 1.79. The van der Waals surface area contributed by atoms with Crippen LogP contribution in [0.5, 0.6) is 0 Å². The molecule has 0 spiro atoms. The molecule has 0 radical (unpaired) electrons. The summed E-state index contributed by atoms with van der Waals surface area (Å²) in [5, 5.41) is 7.13. The van der Waals surface area contributed by atoms with Crippen LogP contribution in [0.1, 0.15) is 33.3 Å². The first-order valence-electron chi connectivity index (χ1n) is 10.1. The van der Waals surface area contributed by atoms with Gasteiger partial charge in [-0.15, -0.1) is 0 Å². The number of aromatic nitrogens is 2. The van der Waals surface area contributed by atoms with E-state index in [0.29, 0.717) is 16.7 Å². The minimum absolute atomic E-state index is 0.0612. The molecule has 33 heavy (non-hydrogen) atoms. The molecule has 0 atom stereocenters. The van der Waals surface area contributed by atoms with Crippen molar-refractivity contribution in [3.8, 4) is 5.69 Å². The lowest BCUT2D eigenvalue weighted by atomic mass is 10.1. The van der Waals surface area contributed by atoms with Gasteiger partial charge < -0.3 is 14.5 Å². The highest BCUT2D eigenvalue weighted by atomic mass is 16.5. The minimum atomic E-state index is -0.856. The van der Waals surface area contributed by atoms with E-state index in [1.165, 1.54) is 6.07 Å². The molecule has 166 valence electrons. The number of benzene rings is 2. The van der Waals surface area contributed by atoms with Gasteiger partial charge in [-0.25, -0.2) is 9.59 Å². The standard InChI is InChI=1S/C24H19N3O6/c1-3-32-24(31)21-17(13-20(28)27(26-21)18-10-6-4-8-14(18)2)25-22(29)16-12-15-9-5-7-11-19(15)33-23(16)30/h4-13H,3H2,1-2H3,(H,25,29). The number of anilines is 1. The second kappa shape index (κ2) is 8.91. The molecule has 2 aromatic heterocycles. The average Bonchev–Trinajstić information content (AvgIpc) is 2.79. The Kier molecular flexibility index (Phi) is 5.86. The van der Waals surface area contributed by atoms with Crippen molar-refractivity contribution in [2.45, 2.75) is 13.8 Å². The van der Waals surface area contributed by atoms with E-state index in [1.807, 2.05) is 0 Å². The minimum Gasteiger partial charge on any atom is -0.461 e. The first-order valence-corrected chi connectivity index (χ1v) is 10.1. The van der Waals surface area contributed by atoms with E-state index < -0.39 is 23.1 Å². The van der Waals surface area contributed by atoms with E-state index >= 15 is 0 Å². The Hall–Kier alpha value is -4.53. The van der Waals surface area contributed by atoms with Gasteiger partial charge in [0.05, 0.1) is 18.0 Å². The van der Waals surface area contributed by atoms with Gasteiger partial charge in [0.25, 0.3) is 11.5 Å². The van der Waals surface area contributed by atoms with Crippen LogP contribution in [0.25, 0.3) is 16.7 Å². The Morgan fingerprint density at radius 1 is 1.06 bits per heavy atom. The third-order valence-corrected chi connectivity index (χ3v) is 4.88. The predicted octanol–water partition coefficient (Wildman–Crippen LogP) is 3.08. The normalized spacial score (nSPS) is 10.7. The van der Waals surface area contributed by atoms with Crippen molar-refractivity contribution >= 4 is 28.5 Å². The van der Waals surface area contributed by atoms with Crippen molar-refractivity contribution in [2.75, 3.05) is 11.9 Å². The molecule has 0 aliphatic heterocycles. The number of hydrogen-bond donors (Lipinski definition) is 1. The highest BCUT2D eigenvalue weighted by Gasteiger charge is 2.22. The number of fused-ring (bicyclic) bond motifs is 1. The molecule has 9 heteroatoms. The third-order valence-electron chi connectivity index (χ3n) is 4.88. The zero-order chi connectivity index (χ0) is 23.5. The fourth-order valence-corrected chi connectivity index (χ4v) is 3.29. The topological polar surface area (TPSA) is 120 Å². The number of rotatable bonds is 5. The number of amides is 1. The van der Waals surface area contributed by atoms with E-state index in [-0.39, 0.29) is 23.6 Å². The summed E-state index contributed by atoms with van der Waals surface area (Å²) in [6.45, 7) is 3.47. The summed E-state index contributed by atoms with van der Waals surface area (Å²) < 4.78 is 11.3. The fourth-order valence-electron chi connectivity index (χ4n) is 3.29. The van der Waals surface area contributed by atoms with E-state index in [4.69, 9.17) is 9.15 Å². The first-order chi connectivity index (χ1) is 15.9. The highest BCUT2D eigenvalue weighted by Crippen LogP contribution is 2.18. The van der Waals surface area contributed by atoms with Crippen LogP contribution < -0.4 is 16.5 Å². The summed E-state index contributed by atoms with van der Waals surface area (Å²) in [4.78, 5) is 50.6. The number of nitrogens with zero attached hydrogens (tertiary/aromatic N) is 2. The van der Waals surface area contributed by atoms with E-state index in [1.54, 1.807) is 62.4 Å². The molecule has 4 aromatic rings. The van der Waals surface area contributed by atoms with Crippen LogP contribution in [-0.2, 0) is 4.74 Å². The summed E-state index contributed by atoms with van der Waals surface area (Å²) in [5.41, 5.74) is -0.628. The maximum Gasteiger partial charge on any atom is 0.360 e. The second-order valence-electron chi connectivity index (χ2n) is 7.10. The molecule has 9 nitrogen and oxygen atoms in total.